The number of hydrogen-bond donors (Lipinski definition) is 0. The molecule has 0 spiro atoms. The van der Waals surface area contributed by atoms with Gasteiger partial charge in [0.05, 0.1) is 18.1 Å². The van der Waals surface area contributed by atoms with E-state index in [4.69, 9.17) is 0 Å². The predicted molar refractivity (Wildman–Crippen MR) is 163 cm³/mol. The van der Waals surface area contributed by atoms with E-state index in [1.807, 2.05) is 0 Å². The molecule has 0 saturated carbocycles. The number of nitrogens with zero attached hydrogens (tertiary/aromatic N) is 1. The van der Waals surface area contributed by atoms with Gasteiger partial charge in [-0.15, -0.1) is 0 Å². The van der Waals surface area contributed by atoms with Gasteiger partial charge in [0, 0.05) is 0 Å². The van der Waals surface area contributed by atoms with Crippen LogP contribution in [0.3, 0.4) is 0 Å². The van der Waals surface area contributed by atoms with Gasteiger partial charge in [0.2, 0.25) is 0 Å². The van der Waals surface area contributed by atoms with Crippen LogP contribution < -0.4 is 0 Å². The molecular weight excluding hydrogens is 482 g/mol. The minimum atomic E-state index is 0.112. The third-order valence-electron chi connectivity index (χ3n) is 9.30. The van der Waals surface area contributed by atoms with Crippen LogP contribution in [0.1, 0.15) is 51.5 Å². The molecule has 1 nitrogen and oxygen atoms in total. The topological polar surface area (TPSA) is 3.24 Å². The summed E-state index contributed by atoms with van der Waals surface area (Å²) in [5.74, 6) is 0. The summed E-state index contributed by atoms with van der Waals surface area (Å²) in [7, 11) is 0. The van der Waals surface area contributed by atoms with Crippen LogP contribution in [0.5, 0.6) is 0 Å². The summed E-state index contributed by atoms with van der Waals surface area (Å²) in [6.45, 7) is 0. The molecule has 0 N–H and O–H groups in total. The van der Waals surface area contributed by atoms with Crippen molar-refractivity contribution in [3.63, 3.8) is 0 Å². The molecular formula is C39H27N. The standard InChI is InChI=1S/C39H27N/c1-7-19-31-25(13-1)26-14-2-8-20-32(26)37(31)40(38-33-21-9-3-15-27(33)28-16-4-10-22-34(28)38)39-35-23-11-5-17-29(35)30-18-6-12-24-36(30)39/h1-24,37-39H. The van der Waals surface area contributed by atoms with Gasteiger partial charge in [-0.1, -0.05) is 146 Å². The van der Waals surface area contributed by atoms with E-state index in [0.29, 0.717) is 0 Å². The molecule has 0 bridgehead atoms. The molecule has 3 aliphatic carbocycles. The Balaban J connectivity index is 1.39. The van der Waals surface area contributed by atoms with Crippen molar-refractivity contribution in [1.29, 1.82) is 0 Å². The van der Waals surface area contributed by atoms with E-state index < -0.39 is 0 Å². The third kappa shape index (κ3) is 2.90. The summed E-state index contributed by atoms with van der Waals surface area (Å²) in [6, 6.07) is 54.7. The van der Waals surface area contributed by atoms with Gasteiger partial charge in [-0.05, 0) is 66.8 Å². The number of fused-ring (bicyclic) bond motifs is 9. The van der Waals surface area contributed by atoms with Crippen LogP contribution in [0.15, 0.2) is 146 Å². The van der Waals surface area contributed by atoms with Gasteiger partial charge in [0.15, 0.2) is 0 Å². The normalized spacial score (nSPS) is 14.9. The molecule has 6 aromatic carbocycles. The number of benzene rings is 6. The number of rotatable bonds is 3. The molecule has 0 aromatic heterocycles. The molecule has 0 fully saturated rings. The smallest absolute Gasteiger partial charge is 0.0631 e. The molecule has 0 aliphatic heterocycles. The Morgan fingerprint density at radius 2 is 0.425 bits per heavy atom. The second-order valence-corrected chi connectivity index (χ2v) is 11.2. The Bertz CT molecular complexity index is 1590. The fourth-order valence-electron chi connectivity index (χ4n) is 7.80. The van der Waals surface area contributed by atoms with E-state index in [2.05, 4.69) is 150 Å². The second-order valence-electron chi connectivity index (χ2n) is 11.2. The first-order valence-corrected chi connectivity index (χ1v) is 14.2. The zero-order valence-corrected chi connectivity index (χ0v) is 22.0. The highest BCUT2D eigenvalue weighted by molar-refractivity contribution is 5.83. The molecule has 6 aromatic rings. The van der Waals surface area contributed by atoms with Crippen LogP contribution in [0, 0.1) is 0 Å². The van der Waals surface area contributed by atoms with E-state index in [1.54, 1.807) is 0 Å². The van der Waals surface area contributed by atoms with Crippen LogP contribution in [0.25, 0.3) is 33.4 Å². The molecule has 0 atom stereocenters. The fraction of sp³-hybridized carbons (Fsp3) is 0.0769. The lowest BCUT2D eigenvalue weighted by molar-refractivity contribution is 0.145. The zero-order chi connectivity index (χ0) is 26.2. The van der Waals surface area contributed by atoms with Crippen molar-refractivity contribution < 1.29 is 0 Å². The lowest BCUT2D eigenvalue weighted by Gasteiger charge is -2.42. The van der Waals surface area contributed by atoms with Crippen molar-refractivity contribution in [3.8, 4) is 33.4 Å². The molecule has 0 saturated heterocycles. The average molecular weight is 510 g/mol. The van der Waals surface area contributed by atoms with Crippen LogP contribution in [0.2, 0.25) is 0 Å². The maximum Gasteiger partial charge on any atom is 0.0631 e. The summed E-state index contributed by atoms with van der Waals surface area (Å²) in [5, 5.41) is 0. The molecule has 1 heteroatoms. The summed E-state index contributed by atoms with van der Waals surface area (Å²) >= 11 is 0. The molecule has 0 amide bonds. The first-order chi connectivity index (χ1) is 19.9. The van der Waals surface area contributed by atoms with Crippen LogP contribution >= 0.6 is 0 Å². The lowest BCUT2D eigenvalue weighted by atomic mass is 9.91. The van der Waals surface area contributed by atoms with Gasteiger partial charge in [-0.2, -0.15) is 0 Å². The second kappa shape index (κ2) is 8.39. The van der Waals surface area contributed by atoms with Crippen molar-refractivity contribution >= 4 is 0 Å². The summed E-state index contributed by atoms with van der Waals surface area (Å²) in [6.07, 6.45) is 0. The van der Waals surface area contributed by atoms with Gasteiger partial charge in [-0.25, -0.2) is 0 Å². The Labute approximate surface area is 235 Å². The average Bonchev–Trinajstić information content (AvgIpc) is 3.65. The van der Waals surface area contributed by atoms with Crippen molar-refractivity contribution in [1.82, 2.24) is 4.90 Å². The van der Waals surface area contributed by atoms with Crippen LogP contribution in [-0.2, 0) is 0 Å². The maximum atomic E-state index is 2.85. The highest BCUT2D eigenvalue weighted by Crippen LogP contribution is 2.60. The Hall–Kier alpha value is -4.72. The molecule has 188 valence electrons. The molecule has 40 heavy (non-hydrogen) atoms. The minimum absolute atomic E-state index is 0.112. The summed E-state index contributed by atoms with van der Waals surface area (Å²) < 4.78 is 0. The molecule has 0 radical (unpaired) electrons. The maximum absolute atomic E-state index is 2.85. The lowest BCUT2D eigenvalue weighted by Crippen LogP contribution is -2.36. The van der Waals surface area contributed by atoms with Crippen LogP contribution in [0.4, 0.5) is 0 Å². The van der Waals surface area contributed by atoms with Gasteiger partial charge >= 0.3 is 0 Å². The SMILES string of the molecule is c1ccc2c(c1)-c1ccccc1C2N(C1c2ccccc2-c2ccccc21)C1c2ccccc2-c2ccccc21. The van der Waals surface area contributed by atoms with Crippen molar-refractivity contribution in [2.24, 2.45) is 0 Å². The fourth-order valence-corrected chi connectivity index (χ4v) is 7.80. The Kier molecular flexibility index (Phi) is 4.64. The monoisotopic (exact) mass is 509 g/mol. The van der Waals surface area contributed by atoms with E-state index in [1.165, 1.54) is 66.8 Å². The quantitative estimate of drug-likeness (QED) is 0.230. The third-order valence-corrected chi connectivity index (χ3v) is 9.30. The largest absolute Gasteiger partial charge is 0.270 e. The van der Waals surface area contributed by atoms with Crippen molar-refractivity contribution in [2.75, 3.05) is 0 Å². The molecule has 0 unspecified atom stereocenters. The highest BCUT2D eigenvalue weighted by Gasteiger charge is 2.47. The van der Waals surface area contributed by atoms with Gasteiger partial charge in [0.1, 0.15) is 0 Å². The Morgan fingerprint density at radius 1 is 0.250 bits per heavy atom. The summed E-state index contributed by atoms with van der Waals surface area (Å²) in [5.41, 5.74) is 16.5. The van der Waals surface area contributed by atoms with Gasteiger partial charge in [0.25, 0.3) is 0 Å². The van der Waals surface area contributed by atoms with E-state index in [-0.39, 0.29) is 18.1 Å². The number of hydrogen-bond acceptors (Lipinski definition) is 1. The molecule has 0 heterocycles. The van der Waals surface area contributed by atoms with Crippen molar-refractivity contribution in [3.05, 3.63) is 179 Å². The predicted octanol–water partition coefficient (Wildman–Crippen LogP) is 9.60. The van der Waals surface area contributed by atoms with Gasteiger partial charge in [-0.3, -0.25) is 4.90 Å². The summed E-state index contributed by atoms with van der Waals surface area (Å²) in [4.78, 5) is 2.85. The molecule has 9 rings (SSSR count). The highest BCUT2D eigenvalue weighted by atomic mass is 15.2. The van der Waals surface area contributed by atoms with E-state index >= 15 is 0 Å². The first kappa shape index (κ1) is 22.1. The van der Waals surface area contributed by atoms with Crippen LogP contribution in [-0.4, -0.2) is 4.90 Å². The first-order valence-electron chi connectivity index (χ1n) is 14.2. The molecule has 3 aliphatic rings. The van der Waals surface area contributed by atoms with Gasteiger partial charge < -0.3 is 0 Å². The minimum Gasteiger partial charge on any atom is -0.270 e. The Morgan fingerprint density at radius 3 is 0.625 bits per heavy atom. The zero-order valence-electron chi connectivity index (χ0n) is 22.0. The van der Waals surface area contributed by atoms with E-state index in [0.717, 1.165) is 0 Å². The van der Waals surface area contributed by atoms with E-state index in [9.17, 15) is 0 Å². The van der Waals surface area contributed by atoms with Crippen molar-refractivity contribution in [2.45, 2.75) is 18.1 Å².